The highest BCUT2D eigenvalue weighted by molar-refractivity contribution is 8.39. The summed E-state index contributed by atoms with van der Waals surface area (Å²) in [6.07, 6.45) is 1.97. The van der Waals surface area contributed by atoms with Gasteiger partial charge in [0.05, 0.1) is 19.3 Å². The Morgan fingerprint density at radius 3 is 2.94 bits per heavy atom. The maximum atomic E-state index is 12.6. The van der Waals surface area contributed by atoms with Crippen LogP contribution in [0.15, 0.2) is 29.3 Å². The van der Waals surface area contributed by atoms with Crippen LogP contribution in [-0.2, 0) is 4.84 Å². The van der Waals surface area contributed by atoms with Crippen LogP contribution in [0.2, 0.25) is 0 Å². The fourth-order valence-corrected chi connectivity index (χ4v) is 4.24. The molecule has 0 aromatic heterocycles. The molecule has 0 radical (unpaired) electrons. The summed E-state index contributed by atoms with van der Waals surface area (Å²) in [6, 6.07) is 7.53. The van der Waals surface area contributed by atoms with Gasteiger partial charge in [-0.15, -0.1) is 11.8 Å². The molecular weight excluding hydrogens is 268 g/mol. The number of hydroxylamine groups is 1. The molecule has 2 aliphatic heterocycles. The molecule has 2 heterocycles. The molecular formula is C12H12N2O2S2. The van der Waals surface area contributed by atoms with Gasteiger partial charge in [-0.1, -0.05) is 23.9 Å². The van der Waals surface area contributed by atoms with Crippen molar-refractivity contribution in [3.8, 4) is 0 Å². The number of thioether (sulfide) groups is 2. The van der Waals surface area contributed by atoms with E-state index in [0.29, 0.717) is 12.1 Å². The topological polar surface area (TPSA) is 41.9 Å². The van der Waals surface area contributed by atoms with Crippen LogP contribution in [0.3, 0.4) is 0 Å². The molecule has 6 heteroatoms. The lowest BCUT2D eigenvalue weighted by Crippen LogP contribution is -2.48. The standard InChI is InChI=1S/C12H12N2O2S2/c1-16-14-9-6-4-3-5-8(9)10(15)12(14)7-13-11(17-2)18-12/h3-6H,7H2,1-2H3/t12-/m0/s1. The van der Waals surface area contributed by atoms with Gasteiger partial charge in [0.2, 0.25) is 10.7 Å². The highest BCUT2D eigenvalue weighted by Gasteiger charge is 2.56. The Morgan fingerprint density at radius 1 is 1.50 bits per heavy atom. The van der Waals surface area contributed by atoms with Crippen LogP contribution in [0.25, 0.3) is 0 Å². The zero-order valence-corrected chi connectivity index (χ0v) is 11.7. The lowest BCUT2D eigenvalue weighted by atomic mass is 10.1. The molecule has 1 aromatic rings. The summed E-state index contributed by atoms with van der Waals surface area (Å²) in [6.45, 7) is 0.440. The van der Waals surface area contributed by atoms with E-state index < -0.39 is 4.87 Å². The number of aliphatic imine (C=N–C) groups is 1. The summed E-state index contributed by atoms with van der Waals surface area (Å²) in [5, 5.41) is 1.70. The van der Waals surface area contributed by atoms with E-state index in [-0.39, 0.29) is 5.78 Å². The first-order valence-corrected chi connectivity index (χ1v) is 7.52. The van der Waals surface area contributed by atoms with E-state index in [1.165, 1.54) is 11.8 Å². The van der Waals surface area contributed by atoms with Gasteiger partial charge in [-0.05, 0) is 18.4 Å². The Bertz CT molecular complexity index is 547. The summed E-state index contributed by atoms with van der Waals surface area (Å²) < 4.78 is 0.929. The summed E-state index contributed by atoms with van der Waals surface area (Å²) in [4.78, 5) is 21.8. The predicted octanol–water partition coefficient (Wildman–Crippen LogP) is 2.41. The molecule has 0 saturated heterocycles. The zero-order valence-electron chi connectivity index (χ0n) is 10.0. The zero-order chi connectivity index (χ0) is 12.8. The minimum absolute atomic E-state index is 0.0813. The molecule has 1 spiro atoms. The fourth-order valence-electron chi connectivity index (χ4n) is 2.30. The molecule has 3 rings (SSSR count). The number of ketones is 1. The van der Waals surface area contributed by atoms with Crippen molar-refractivity contribution in [1.29, 1.82) is 0 Å². The van der Waals surface area contributed by atoms with Gasteiger partial charge in [0.15, 0.2) is 0 Å². The van der Waals surface area contributed by atoms with Crippen LogP contribution >= 0.6 is 23.5 Å². The van der Waals surface area contributed by atoms with E-state index in [1.54, 1.807) is 23.9 Å². The normalized spacial score (nSPS) is 25.8. The van der Waals surface area contributed by atoms with Gasteiger partial charge in [-0.2, -0.15) is 0 Å². The highest BCUT2D eigenvalue weighted by Crippen LogP contribution is 2.49. The number of nitrogens with zero attached hydrogens (tertiary/aromatic N) is 2. The highest BCUT2D eigenvalue weighted by atomic mass is 32.2. The minimum Gasteiger partial charge on any atom is -0.290 e. The SMILES string of the molecule is CON1c2ccccc2C(=O)[C@@]12CN=C(SC)S2. The van der Waals surface area contributed by atoms with Crippen LogP contribution in [0, 0.1) is 0 Å². The Kier molecular flexibility index (Phi) is 2.88. The Morgan fingerprint density at radius 2 is 2.28 bits per heavy atom. The molecule has 4 nitrogen and oxygen atoms in total. The average molecular weight is 280 g/mol. The number of hydrogen-bond acceptors (Lipinski definition) is 6. The molecule has 18 heavy (non-hydrogen) atoms. The molecule has 1 aromatic carbocycles. The monoisotopic (exact) mass is 280 g/mol. The molecule has 0 N–H and O–H groups in total. The number of hydrogen-bond donors (Lipinski definition) is 0. The number of para-hydroxylation sites is 1. The fraction of sp³-hybridized carbons (Fsp3) is 0.333. The Balaban J connectivity index is 2.07. The first-order valence-electron chi connectivity index (χ1n) is 5.48. The number of anilines is 1. The quantitative estimate of drug-likeness (QED) is 0.790. The van der Waals surface area contributed by atoms with Gasteiger partial charge in [0, 0.05) is 5.56 Å². The maximum Gasteiger partial charge on any atom is 0.205 e. The summed E-state index contributed by atoms with van der Waals surface area (Å²) in [5.41, 5.74) is 1.54. The number of fused-ring (bicyclic) bond motifs is 1. The lowest BCUT2D eigenvalue weighted by Gasteiger charge is -2.31. The molecule has 94 valence electrons. The summed E-state index contributed by atoms with van der Waals surface area (Å²) in [5.74, 6) is 0.0813. The van der Waals surface area contributed by atoms with Crippen LogP contribution in [-0.4, -0.2) is 34.9 Å². The molecule has 0 amide bonds. The van der Waals surface area contributed by atoms with Crippen molar-refractivity contribution < 1.29 is 9.63 Å². The molecule has 0 aliphatic carbocycles. The van der Waals surface area contributed by atoms with Gasteiger partial charge in [0.1, 0.15) is 4.38 Å². The first-order chi connectivity index (χ1) is 8.73. The van der Waals surface area contributed by atoms with Crippen LogP contribution < -0.4 is 5.06 Å². The van der Waals surface area contributed by atoms with Gasteiger partial charge in [-0.3, -0.25) is 14.6 Å². The van der Waals surface area contributed by atoms with E-state index in [4.69, 9.17) is 4.84 Å². The third kappa shape index (κ3) is 1.46. The number of Topliss-reactive ketones (excluding diaryl/α,β-unsaturated/α-hetero) is 1. The van der Waals surface area contributed by atoms with E-state index in [9.17, 15) is 4.79 Å². The van der Waals surface area contributed by atoms with Crippen molar-refractivity contribution in [1.82, 2.24) is 0 Å². The van der Waals surface area contributed by atoms with E-state index in [2.05, 4.69) is 4.99 Å². The van der Waals surface area contributed by atoms with E-state index >= 15 is 0 Å². The molecule has 0 bridgehead atoms. The number of carbonyl (C=O) groups is 1. The van der Waals surface area contributed by atoms with E-state index in [1.807, 2.05) is 30.5 Å². The van der Waals surface area contributed by atoms with E-state index in [0.717, 1.165) is 10.1 Å². The van der Waals surface area contributed by atoms with Crippen molar-refractivity contribution in [2.45, 2.75) is 4.87 Å². The minimum atomic E-state index is -0.739. The second kappa shape index (κ2) is 4.29. The molecule has 2 aliphatic rings. The summed E-state index contributed by atoms with van der Waals surface area (Å²) >= 11 is 3.05. The number of benzene rings is 1. The maximum absolute atomic E-state index is 12.6. The van der Waals surface area contributed by atoms with Gasteiger partial charge >= 0.3 is 0 Å². The third-order valence-electron chi connectivity index (χ3n) is 3.09. The predicted molar refractivity (Wildman–Crippen MR) is 76.4 cm³/mol. The average Bonchev–Trinajstić information content (AvgIpc) is 2.93. The van der Waals surface area contributed by atoms with Crippen molar-refractivity contribution in [3.05, 3.63) is 29.8 Å². The summed E-state index contributed by atoms with van der Waals surface area (Å²) in [7, 11) is 1.59. The number of rotatable bonds is 1. The molecule has 1 atom stereocenters. The first kappa shape index (κ1) is 12.1. The van der Waals surface area contributed by atoms with Gasteiger partial charge in [0.25, 0.3) is 0 Å². The second-order valence-electron chi connectivity index (χ2n) is 4.00. The molecule has 0 saturated carbocycles. The van der Waals surface area contributed by atoms with Gasteiger partial charge < -0.3 is 0 Å². The van der Waals surface area contributed by atoms with Crippen LogP contribution in [0.5, 0.6) is 0 Å². The van der Waals surface area contributed by atoms with Crippen molar-refractivity contribution in [2.24, 2.45) is 4.99 Å². The molecule has 0 unspecified atom stereocenters. The smallest absolute Gasteiger partial charge is 0.205 e. The van der Waals surface area contributed by atoms with Crippen molar-refractivity contribution in [3.63, 3.8) is 0 Å². The second-order valence-corrected chi connectivity index (χ2v) is 6.32. The number of carbonyl (C=O) groups excluding carboxylic acids is 1. The Labute approximate surface area is 114 Å². The van der Waals surface area contributed by atoms with Crippen molar-refractivity contribution in [2.75, 3.05) is 25.0 Å². The van der Waals surface area contributed by atoms with Crippen molar-refractivity contribution >= 4 is 39.4 Å². The lowest BCUT2D eigenvalue weighted by molar-refractivity contribution is 0.0850. The van der Waals surface area contributed by atoms with Gasteiger partial charge in [-0.25, -0.2) is 5.06 Å². The Hall–Kier alpha value is -0.980. The molecule has 0 fully saturated rings. The van der Waals surface area contributed by atoms with Crippen LogP contribution in [0.4, 0.5) is 5.69 Å². The van der Waals surface area contributed by atoms with Crippen LogP contribution in [0.1, 0.15) is 10.4 Å². The largest absolute Gasteiger partial charge is 0.290 e. The third-order valence-corrected chi connectivity index (χ3v) is 5.44.